The van der Waals surface area contributed by atoms with Crippen LogP contribution in [0.1, 0.15) is 33.6 Å². The van der Waals surface area contributed by atoms with Crippen molar-refractivity contribution in [3.05, 3.63) is 24.3 Å². The highest BCUT2D eigenvalue weighted by molar-refractivity contribution is 5.52. The largest absolute Gasteiger partial charge is 0.494 e. The number of anilines is 1. The van der Waals surface area contributed by atoms with Gasteiger partial charge >= 0.3 is 0 Å². The summed E-state index contributed by atoms with van der Waals surface area (Å²) in [7, 11) is 2.05. The Kier molecular flexibility index (Phi) is 4.35. The van der Waals surface area contributed by atoms with Crippen LogP contribution >= 0.6 is 0 Å². The third kappa shape index (κ3) is 3.21. The normalized spacial score (nSPS) is 22.3. The van der Waals surface area contributed by atoms with Crippen molar-refractivity contribution in [1.82, 2.24) is 5.32 Å². The molecule has 3 nitrogen and oxygen atoms in total. The molecule has 1 N–H and O–H groups in total. The van der Waals surface area contributed by atoms with Crippen molar-refractivity contribution >= 4 is 5.69 Å². The van der Waals surface area contributed by atoms with Crippen LogP contribution in [0.15, 0.2) is 24.3 Å². The first kappa shape index (κ1) is 14.2. The number of hydrogen-bond acceptors (Lipinski definition) is 3. The van der Waals surface area contributed by atoms with Crippen molar-refractivity contribution in [2.75, 3.05) is 25.1 Å². The molecule has 0 radical (unpaired) electrons. The van der Waals surface area contributed by atoms with Crippen molar-refractivity contribution < 1.29 is 4.74 Å². The SMILES string of the molecule is CCOc1ccc(N2CC(NC)CCC2(C)C)cc1. The summed E-state index contributed by atoms with van der Waals surface area (Å²) in [6.45, 7) is 8.46. The van der Waals surface area contributed by atoms with Crippen LogP contribution in [0.3, 0.4) is 0 Å². The third-order valence-electron chi connectivity index (χ3n) is 4.11. The lowest BCUT2D eigenvalue weighted by molar-refractivity contribution is 0.313. The first-order valence-electron chi connectivity index (χ1n) is 7.24. The van der Waals surface area contributed by atoms with Crippen molar-refractivity contribution in [2.24, 2.45) is 0 Å². The molecule has 1 aromatic carbocycles. The minimum atomic E-state index is 0.223. The van der Waals surface area contributed by atoms with Crippen LogP contribution in [0.25, 0.3) is 0 Å². The van der Waals surface area contributed by atoms with Gasteiger partial charge in [-0.05, 0) is 64.9 Å². The lowest BCUT2D eigenvalue weighted by Gasteiger charge is -2.47. The number of nitrogens with zero attached hydrogens (tertiary/aromatic N) is 1. The number of hydrogen-bond donors (Lipinski definition) is 1. The highest BCUT2D eigenvalue weighted by Crippen LogP contribution is 2.33. The van der Waals surface area contributed by atoms with E-state index in [0.29, 0.717) is 6.04 Å². The van der Waals surface area contributed by atoms with E-state index in [1.807, 2.05) is 6.92 Å². The van der Waals surface area contributed by atoms with Crippen LogP contribution < -0.4 is 15.0 Å². The maximum atomic E-state index is 5.51. The van der Waals surface area contributed by atoms with Gasteiger partial charge in [0.05, 0.1) is 6.61 Å². The van der Waals surface area contributed by atoms with Crippen molar-refractivity contribution in [3.8, 4) is 5.75 Å². The van der Waals surface area contributed by atoms with Crippen LogP contribution in [-0.4, -0.2) is 31.8 Å². The highest BCUT2D eigenvalue weighted by atomic mass is 16.5. The van der Waals surface area contributed by atoms with Crippen molar-refractivity contribution in [1.29, 1.82) is 0 Å². The summed E-state index contributed by atoms with van der Waals surface area (Å²) in [6.07, 6.45) is 2.46. The second kappa shape index (κ2) is 5.83. The minimum absolute atomic E-state index is 0.223. The van der Waals surface area contributed by atoms with E-state index in [-0.39, 0.29) is 5.54 Å². The molecule has 1 saturated heterocycles. The van der Waals surface area contributed by atoms with Gasteiger partial charge in [0.15, 0.2) is 0 Å². The molecule has 1 heterocycles. The minimum Gasteiger partial charge on any atom is -0.494 e. The lowest BCUT2D eigenvalue weighted by Crippen LogP contribution is -2.55. The Bertz CT molecular complexity index is 400. The van der Waals surface area contributed by atoms with E-state index in [4.69, 9.17) is 4.74 Å². The van der Waals surface area contributed by atoms with Gasteiger partial charge < -0.3 is 15.0 Å². The van der Waals surface area contributed by atoms with Gasteiger partial charge in [-0.15, -0.1) is 0 Å². The van der Waals surface area contributed by atoms with Gasteiger partial charge in [-0.25, -0.2) is 0 Å². The zero-order chi connectivity index (χ0) is 13.9. The Morgan fingerprint density at radius 3 is 2.58 bits per heavy atom. The summed E-state index contributed by atoms with van der Waals surface area (Å²) in [4.78, 5) is 2.51. The zero-order valence-corrected chi connectivity index (χ0v) is 12.6. The maximum absolute atomic E-state index is 5.51. The fraction of sp³-hybridized carbons (Fsp3) is 0.625. The quantitative estimate of drug-likeness (QED) is 0.902. The number of nitrogens with one attached hydrogen (secondary N) is 1. The molecule has 1 fully saturated rings. The summed E-state index contributed by atoms with van der Waals surface area (Å²) >= 11 is 0. The number of rotatable bonds is 4. The van der Waals surface area contributed by atoms with E-state index in [0.717, 1.165) is 18.9 Å². The molecule has 0 amide bonds. The lowest BCUT2D eigenvalue weighted by atomic mass is 9.87. The predicted molar refractivity (Wildman–Crippen MR) is 81.1 cm³/mol. The first-order valence-corrected chi connectivity index (χ1v) is 7.24. The van der Waals surface area contributed by atoms with Crippen molar-refractivity contribution in [2.45, 2.75) is 45.2 Å². The summed E-state index contributed by atoms with van der Waals surface area (Å²) in [5.41, 5.74) is 1.51. The van der Waals surface area contributed by atoms with Gasteiger partial charge in [0, 0.05) is 23.8 Å². The number of ether oxygens (including phenoxy) is 1. The molecule has 1 aromatic rings. The summed E-state index contributed by atoms with van der Waals surface area (Å²) in [6, 6.07) is 9.06. The van der Waals surface area contributed by atoms with E-state index < -0.39 is 0 Å². The Labute approximate surface area is 116 Å². The van der Waals surface area contributed by atoms with Gasteiger partial charge in [-0.2, -0.15) is 0 Å². The standard InChI is InChI=1S/C16H26N2O/c1-5-19-15-8-6-14(7-9-15)18-12-13(17-4)10-11-16(18,2)3/h6-9,13,17H,5,10-12H2,1-4H3. The Hall–Kier alpha value is -1.22. The third-order valence-corrected chi connectivity index (χ3v) is 4.11. The molecule has 0 saturated carbocycles. The Morgan fingerprint density at radius 1 is 1.32 bits per heavy atom. The molecule has 0 spiro atoms. The maximum Gasteiger partial charge on any atom is 0.119 e. The smallest absolute Gasteiger partial charge is 0.119 e. The molecule has 1 aliphatic rings. The molecule has 0 bridgehead atoms. The molecular formula is C16H26N2O. The second-order valence-corrected chi connectivity index (χ2v) is 5.87. The van der Waals surface area contributed by atoms with E-state index in [1.165, 1.54) is 18.5 Å². The van der Waals surface area contributed by atoms with E-state index in [2.05, 4.69) is 55.4 Å². The van der Waals surface area contributed by atoms with Gasteiger partial charge in [-0.1, -0.05) is 0 Å². The molecule has 0 aliphatic carbocycles. The predicted octanol–water partition coefficient (Wildman–Crippen LogP) is 3.05. The van der Waals surface area contributed by atoms with Crippen LogP contribution in [-0.2, 0) is 0 Å². The van der Waals surface area contributed by atoms with Gasteiger partial charge in [-0.3, -0.25) is 0 Å². The Morgan fingerprint density at radius 2 is 2.00 bits per heavy atom. The van der Waals surface area contributed by atoms with Crippen LogP contribution in [0.5, 0.6) is 5.75 Å². The van der Waals surface area contributed by atoms with Gasteiger partial charge in [0.25, 0.3) is 0 Å². The van der Waals surface area contributed by atoms with Crippen LogP contribution in [0, 0.1) is 0 Å². The first-order chi connectivity index (χ1) is 9.06. The number of likely N-dealkylation sites (N-methyl/N-ethyl adjacent to an activating group) is 1. The molecule has 3 heteroatoms. The molecule has 106 valence electrons. The average molecular weight is 262 g/mol. The molecule has 19 heavy (non-hydrogen) atoms. The van der Waals surface area contributed by atoms with E-state index >= 15 is 0 Å². The average Bonchev–Trinajstić information content (AvgIpc) is 2.40. The number of piperidine rings is 1. The fourth-order valence-corrected chi connectivity index (χ4v) is 2.80. The molecular weight excluding hydrogens is 236 g/mol. The van der Waals surface area contributed by atoms with E-state index in [1.54, 1.807) is 0 Å². The van der Waals surface area contributed by atoms with Gasteiger partial charge in [0.1, 0.15) is 5.75 Å². The zero-order valence-electron chi connectivity index (χ0n) is 12.6. The highest BCUT2D eigenvalue weighted by Gasteiger charge is 2.33. The van der Waals surface area contributed by atoms with Crippen LogP contribution in [0.2, 0.25) is 0 Å². The fourth-order valence-electron chi connectivity index (χ4n) is 2.80. The van der Waals surface area contributed by atoms with Crippen molar-refractivity contribution in [3.63, 3.8) is 0 Å². The summed E-state index contributed by atoms with van der Waals surface area (Å²) < 4.78 is 5.51. The van der Waals surface area contributed by atoms with E-state index in [9.17, 15) is 0 Å². The molecule has 1 unspecified atom stereocenters. The van der Waals surface area contributed by atoms with Crippen LogP contribution in [0.4, 0.5) is 5.69 Å². The topological polar surface area (TPSA) is 24.5 Å². The molecule has 1 aliphatic heterocycles. The molecule has 1 atom stereocenters. The second-order valence-electron chi connectivity index (χ2n) is 5.87. The molecule has 2 rings (SSSR count). The van der Waals surface area contributed by atoms with Gasteiger partial charge in [0.2, 0.25) is 0 Å². The monoisotopic (exact) mass is 262 g/mol. The summed E-state index contributed by atoms with van der Waals surface area (Å²) in [5.74, 6) is 0.950. The number of benzene rings is 1. The Balaban J connectivity index is 2.17. The summed E-state index contributed by atoms with van der Waals surface area (Å²) in [5, 5.41) is 3.41. The molecule has 0 aromatic heterocycles.